The van der Waals surface area contributed by atoms with Gasteiger partial charge in [0.2, 0.25) is 0 Å². The van der Waals surface area contributed by atoms with E-state index in [0.29, 0.717) is 0 Å². The van der Waals surface area contributed by atoms with Gasteiger partial charge in [-0.15, -0.1) is 0 Å². The van der Waals surface area contributed by atoms with E-state index in [1.54, 1.807) is 12.4 Å². The van der Waals surface area contributed by atoms with Crippen molar-refractivity contribution in [2.24, 2.45) is 0 Å². The molecule has 1 fully saturated rings. The molecule has 1 aliphatic rings. The molecule has 7 nitrogen and oxygen atoms in total. The Morgan fingerprint density at radius 1 is 1.43 bits per heavy atom. The highest BCUT2D eigenvalue weighted by Gasteiger charge is 2.32. The molecule has 3 rings (SSSR count). The predicted molar refractivity (Wildman–Crippen MR) is 81.7 cm³/mol. The molecule has 112 valence electrons. The number of nitrogens with zero attached hydrogens (tertiary/aromatic N) is 4. The summed E-state index contributed by atoms with van der Waals surface area (Å²) in [5, 5.41) is 11.5. The van der Waals surface area contributed by atoms with E-state index in [2.05, 4.69) is 36.1 Å². The van der Waals surface area contributed by atoms with E-state index in [9.17, 15) is 4.79 Å². The van der Waals surface area contributed by atoms with Crippen LogP contribution in [0.5, 0.6) is 0 Å². The van der Waals surface area contributed by atoms with Gasteiger partial charge in [0.25, 0.3) is 0 Å². The molecular formula is C13H16BrN5O2. The molecule has 3 heterocycles. The molecule has 0 bridgehead atoms. The zero-order valence-electron chi connectivity index (χ0n) is 11.6. The van der Waals surface area contributed by atoms with Crippen molar-refractivity contribution in [1.82, 2.24) is 19.7 Å². The average molecular weight is 354 g/mol. The molecular weight excluding hydrogens is 338 g/mol. The van der Waals surface area contributed by atoms with E-state index in [1.807, 2.05) is 17.5 Å². The number of hydrogen-bond donors (Lipinski definition) is 2. The largest absolute Gasteiger partial charge is 0.465 e. The van der Waals surface area contributed by atoms with Gasteiger partial charge in [-0.1, -0.05) is 0 Å². The third kappa shape index (κ3) is 2.67. The summed E-state index contributed by atoms with van der Waals surface area (Å²) in [6, 6.07) is 0. The minimum absolute atomic E-state index is 0.367. The van der Waals surface area contributed by atoms with Crippen LogP contribution in [-0.4, -0.2) is 44.2 Å². The number of piperidine rings is 1. The van der Waals surface area contributed by atoms with Gasteiger partial charge in [0.05, 0.1) is 6.20 Å². The highest BCUT2D eigenvalue weighted by molar-refractivity contribution is 9.10. The number of aromatic nitrogens is 3. The number of anilines is 1. The second-order valence-corrected chi connectivity index (χ2v) is 6.22. The molecule has 1 saturated heterocycles. The molecule has 0 atom stereocenters. The van der Waals surface area contributed by atoms with Crippen LogP contribution in [-0.2, 0) is 0 Å². The number of hydrogen-bond acceptors (Lipinski definition) is 4. The smallest absolute Gasteiger partial charge is 0.405 e. The molecule has 0 saturated carbocycles. The molecule has 8 heteroatoms. The second-order valence-electron chi connectivity index (χ2n) is 5.51. The van der Waals surface area contributed by atoms with Crippen LogP contribution in [0.25, 0.3) is 5.52 Å². The standard InChI is InChI=1S/C13H16BrN5O2/c1-13(17-12(20)21)2-5-18(6-3-13)10-9-8-16-11(14)19(9)7-4-15-10/h4,7-8,17H,2-3,5-6H2,1H3,(H,20,21). The van der Waals surface area contributed by atoms with Gasteiger partial charge in [0.1, 0.15) is 5.52 Å². The van der Waals surface area contributed by atoms with Gasteiger partial charge in [0.15, 0.2) is 10.6 Å². The molecule has 0 radical (unpaired) electrons. The molecule has 2 aromatic rings. The molecule has 0 aliphatic carbocycles. The van der Waals surface area contributed by atoms with Crippen molar-refractivity contribution in [3.05, 3.63) is 23.3 Å². The molecule has 2 N–H and O–H groups in total. The number of halogens is 1. The average Bonchev–Trinajstić information content (AvgIpc) is 2.81. The first kappa shape index (κ1) is 14.1. The Balaban J connectivity index is 1.81. The summed E-state index contributed by atoms with van der Waals surface area (Å²) in [5.41, 5.74) is 0.577. The summed E-state index contributed by atoms with van der Waals surface area (Å²) in [7, 11) is 0. The van der Waals surface area contributed by atoms with Gasteiger partial charge in [-0.25, -0.2) is 14.8 Å². The lowest BCUT2D eigenvalue weighted by Gasteiger charge is -2.39. The number of rotatable bonds is 2. The van der Waals surface area contributed by atoms with Crippen molar-refractivity contribution < 1.29 is 9.90 Å². The van der Waals surface area contributed by atoms with Crippen molar-refractivity contribution >= 4 is 33.4 Å². The Labute approximate surface area is 130 Å². The molecule has 21 heavy (non-hydrogen) atoms. The third-order valence-electron chi connectivity index (χ3n) is 3.97. The van der Waals surface area contributed by atoms with E-state index in [4.69, 9.17) is 5.11 Å². The molecule has 1 aliphatic heterocycles. The highest BCUT2D eigenvalue weighted by Crippen LogP contribution is 2.28. The summed E-state index contributed by atoms with van der Waals surface area (Å²) in [4.78, 5) is 21.7. The van der Waals surface area contributed by atoms with E-state index in [1.165, 1.54) is 0 Å². The van der Waals surface area contributed by atoms with Gasteiger partial charge in [0, 0.05) is 31.0 Å². The quantitative estimate of drug-likeness (QED) is 0.863. The van der Waals surface area contributed by atoms with Crippen LogP contribution in [0.3, 0.4) is 0 Å². The number of fused-ring (bicyclic) bond motifs is 1. The fourth-order valence-electron chi connectivity index (χ4n) is 2.72. The summed E-state index contributed by atoms with van der Waals surface area (Å²) < 4.78 is 2.68. The topological polar surface area (TPSA) is 82.8 Å². The molecule has 0 aromatic carbocycles. The fourth-order valence-corrected chi connectivity index (χ4v) is 3.13. The van der Waals surface area contributed by atoms with Gasteiger partial charge in [-0.05, 0) is 35.7 Å². The Hall–Kier alpha value is -1.83. The van der Waals surface area contributed by atoms with Gasteiger partial charge >= 0.3 is 6.09 Å². The first-order valence-corrected chi connectivity index (χ1v) is 7.51. The lowest BCUT2D eigenvalue weighted by atomic mass is 9.90. The maximum Gasteiger partial charge on any atom is 0.405 e. The van der Waals surface area contributed by atoms with Crippen LogP contribution in [0.15, 0.2) is 23.3 Å². The van der Waals surface area contributed by atoms with Crippen molar-refractivity contribution in [3.63, 3.8) is 0 Å². The SMILES string of the molecule is CC1(NC(=O)O)CCN(c2nccn3c(Br)ncc23)CC1. The minimum Gasteiger partial charge on any atom is -0.465 e. The monoisotopic (exact) mass is 353 g/mol. The van der Waals surface area contributed by atoms with Crippen LogP contribution in [0.1, 0.15) is 19.8 Å². The second kappa shape index (κ2) is 5.18. The Morgan fingerprint density at radius 2 is 2.14 bits per heavy atom. The van der Waals surface area contributed by atoms with Crippen LogP contribution >= 0.6 is 15.9 Å². The van der Waals surface area contributed by atoms with Crippen LogP contribution in [0, 0.1) is 0 Å². The molecule has 2 aromatic heterocycles. The van der Waals surface area contributed by atoms with E-state index < -0.39 is 6.09 Å². The Kier molecular flexibility index (Phi) is 3.48. The maximum atomic E-state index is 10.8. The van der Waals surface area contributed by atoms with Crippen molar-refractivity contribution in [1.29, 1.82) is 0 Å². The number of carbonyl (C=O) groups is 1. The Morgan fingerprint density at radius 3 is 2.81 bits per heavy atom. The zero-order chi connectivity index (χ0) is 15.0. The first-order chi connectivity index (χ1) is 9.98. The number of nitrogens with one attached hydrogen (secondary N) is 1. The summed E-state index contributed by atoms with van der Waals surface area (Å²) in [6.07, 6.45) is 5.92. The summed E-state index contributed by atoms with van der Waals surface area (Å²) in [6.45, 7) is 3.46. The first-order valence-electron chi connectivity index (χ1n) is 6.72. The number of imidazole rings is 1. The van der Waals surface area contributed by atoms with Crippen LogP contribution < -0.4 is 10.2 Å². The van der Waals surface area contributed by atoms with E-state index >= 15 is 0 Å². The van der Waals surface area contributed by atoms with E-state index in [-0.39, 0.29) is 5.54 Å². The zero-order valence-corrected chi connectivity index (χ0v) is 13.2. The van der Waals surface area contributed by atoms with E-state index in [0.717, 1.165) is 42.0 Å². The molecule has 1 amide bonds. The number of carboxylic acid groups (broad SMARTS) is 1. The minimum atomic E-state index is -0.967. The van der Waals surface area contributed by atoms with Gasteiger partial charge < -0.3 is 15.3 Å². The van der Waals surface area contributed by atoms with Crippen LogP contribution in [0.2, 0.25) is 0 Å². The molecule has 0 spiro atoms. The van der Waals surface area contributed by atoms with Gasteiger partial charge in [-0.2, -0.15) is 0 Å². The van der Waals surface area contributed by atoms with Crippen molar-refractivity contribution in [2.75, 3.05) is 18.0 Å². The highest BCUT2D eigenvalue weighted by atomic mass is 79.9. The van der Waals surface area contributed by atoms with Crippen LogP contribution in [0.4, 0.5) is 10.6 Å². The van der Waals surface area contributed by atoms with Gasteiger partial charge in [-0.3, -0.25) is 4.40 Å². The number of amides is 1. The lowest BCUT2D eigenvalue weighted by Crippen LogP contribution is -2.53. The fraction of sp³-hybridized carbons (Fsp3) is 0.462. The maximum absolute atomic E-state index is 10.8. The van der Waals surface area contributed by atoms with Crippen molar-refractivity contribution in [3.8, 4) is 0 Å². The molecule has 0 unspecified atom stereocenters. The normalized spacial score (nSPS) is 17.9. The third-order valence-corrected chi connectivity index (χ3v) is 4.56. The summed E-state index contributed by atoms with van der Waals surface area (Å²) in [5.74, 6) is 0.882. The lowest BCUT2D eigenvalue weighted by molar-refractivity contribution is 0.173. The Bertz CT molecular complexity index is 678. The van der Waals surface area contributed by atoms with Crippen molar-refractivity contribution in [2.45, 2.75) is 25.3 Å². The predicted octanol–water partition coefficient (Wildman–Crippen LogP) is 2.12. The summed E-state index contributed by atoms with van der Waals surface area (Å²) >= 11 is 3.40.